The number of allylic oxidation sites excluding steroid dienone is 2. The Morgan fingerprint density at radius 2 is 2.20 bits per heavy atom. The SMILES string of the molecule is CCOC(=O)C1=NN(C)C(=O)/C1=C/C=C1/OCCN1C. The van der Waals surface area contributed by atoms with Gasteiger partial charge >= 0.3 is 5.97 Å². The number of amides is 1. The van der Waals surface area contributed by atoms with Gasteiger partial charge in [-0.25, -0.2) is 9.80 Å². The van der Waals surface area contributed by atoms with Gasteiger partial charge in [0.2, 0.25) is 0 Å². The number of likely N-dealkylation sites (N-methyl/N-ethyl adjacent to an activating group) is 2. The van der Waals surface area contributed by atoms with Crippen LogP contribution in [0, 0.1) is 0 Å². The van der Waals surface area contributed by atoms with Gasteiger partial charge in [-0.15, -0.1) is 0 Å². The van der Waals surface area contributed by atoms with E-state index in [9.17, 15) is 9.59 Å². The molecular formula is C13H17N3O4. The van der Waals surface area contributed by atoms with Crippen molar-refractivity contribution in [1.82, 2.24) is 9.91 Å². The van der Waals surface area contributed by atoms with Crippen LogP contribution in [-0.2, 0) is 19.1 Å². The molecule has 1 saturated heterocycles. The van der Waals surface area contributed by atoms with Crippen molar-refractivity contribution in [2.24, 2.45) is 5.10 Å². The molecule has 0 spiro atoms. The molecule has 1 amide bonds. The second kappa shape index (κ2) is 5.77. The molecule has 0 aromatic rings. The summed E-state index contributed by atoms with van der Waals surface area (Å²) in [5.41, 5.74) is 0.235. The van der Waals surface area contributed by atoms with Gasteiger partial charge in [0.25, 0.3) is 5.91 Å². The summed E-state index contributed by atoms with van der Waals surface area (Å²) in [5.74, 6) is -0.288. The van der Waals surface area contributed by atoms with Crippen LogP contribution in [0.3, 0.4) is 0 Å². The van der Waals surface area contributed by atoms with Crippen molar-refractivity contribution < 1.29 is 19.1 Å². The standard InChI is InChI=1S/C13H17N3O4/c1-4-19-13(18)11-9(12(17)16(3)14-11)5-6-10-15(2)7-8-20-10/h5-6H,4,7-8H2,1-3H3/b9-5+,10-6+. The Labute approximate surface area is 117 Å². The quantitative estimate of drug-likeness (QED) is 0.541. The Morgan fingerprint density at radius 1 is 1.45 bits per heavy atom. The fourth-order valence-corrected chi connectivity index (χ4v) is 1.86. The van der Waals surface area contributed by atoms with Crippen LogP contribution in [0.1, 0.15) is 6.92 Å². The number of carbonyl (C=O) groups is 2. The third kappa shape index (κ3) is 2.66. The zero-order chi connectivity index (χ0) is 14.7. The van der Waals surface area contributed by atoms with Crippen molar-refractivity contribution in [3.63, 3.8) is 0 Å². The van der Waals surface area contributed by atoms with Crippen molar-refractivity contribution in [2.75, 3.05) is 33.9 Å². The van der Waals surface area contributed by atoms with Crippen LogP contribution < -0.4 is 0 Å². The maximum atomic E-state index is 12.0. The predicted octanol–water partition coefficient (Wildman–Crippen LogP) is 0.107. The van der Waals surface area contributed by atoms with Crippen molar-refractivity contribution in [3.8, 4) is 0 Å². The molecule has 0 aliphatic carbocycles. The highest BCUT2D eigenvalue weighted by molar-refractivity contribution is 6.51. The molecule has 0 N–H and O–H groups in total. The fourth-order valence-electron chi connectivity index (χ4n) is 1.86. The molecule has 0 radical (unpaired) electrons. The van der Waals surface area contributed by atoms with Gasteiger partial charge in [-0.05, 0) is 19.1 Å². The lowest BCUT2D eigenvalue weighted by molar-refractivity contribution is -0.135. The van der Waals surface area contributed by atoms with E-state index in [1.165, 1.54) is 7.05 Å². The van der Waals surface area contributed by atoms with E-state index in [0.717, 1.165) is 11.6 Å². The molecule has 0 bridgehead atoms. The van der Waals surface area contributed by atoms with Crippen molar-refractivity contribution in [2.45, 2.75) is 6.92 Å². The average molecular weight is 279 g/mol. The summed E-state index contributed by atoms with van der Waals surface area (Å²) in [4.78, 5) is 25.7. The molecule has 7 nitrogen and oxygen atoms in total. The zero-order valence-corrected chi connectivity index (χ0v) is 11.8. The van der Waals surface area contributed by atoms with Crippen LogP contribution in [0.25, 0.3) is 0 Å². The molecule has 0 aromatic carbocycles. The van der Waals surface area contributed by atoms with Crippen molar-refractivity contribution in [3.05, 3.63) is 23.6 Å². The average Bonchev–Trinajstić information content (AvgIpc) is 2.94. The predicted molar refractivity (Wildman–Crippen MR) is 71.6 cm³/mol. The number of hydrazone groups is 1. The lowest BCUT2D eigenvalue weighted by Crippen LogP contribution is -2.21. The summed E-state index contributed by atoms with van der Waals surface area (Å²) >= 11 is 0. The van der Waals surface area contributed by atoms with Crippen LogP contribution in [-0.4, -0.2) is 61.4 Å². The third-order valence-electron chi connectivity index (χ3n) is 2.94. The molecule has 2 aliphatic rings. The first-order chi connectivity index (χ1) is 9.54. The van der Waals surface area contributed by atoms with E-state index in [1.807, 2.05) is 11.9 Å². The van der Waals surface area contributed by atoms with Gasteiger partial charge in [0, 0.05) is 14.1 Å². The van der Waals surface area contributed by atoms with E-state index < -0.39 is 5.97 Å². The molecule has 2 heterocycles. The van der Waals surface area contributed by atoms with Gasteiger partial charge in [0.1, 0.15) is 6.61 Å². The lowest BCUT2D eigenvalue weighted by atomic mass is 10.1. The van der Waals surface area contributed by atoms with Gasteiger partial charge in [0.15, 0.2) is 11.6 Å². The Hall–Kier alpha value is -2.31. The number of ether oxygens (including phenoxy) is 2. The Balaban J connectivity index is 2.25. The van der Waals surface area contributed by atoms with E-state index >= 15 is 0 Å². The minimum Gasteiger partial charge on any atom is -0.477 e. The normalized spacial score (nSPS) is 22.6. The molecule has 7 heteroatoms. The second-order valence-corrected chi connectivity index (χ2v) is 4.35. The topological polar surface area (TPSA) is 71.4 Å². The van der Waals surface area contributed by atoms with Crippen LogP contribution in [0.4, 0.5) is 0 Å². The number of hydrogen-bond donors (Lipinski definition) is 0. The molecule has 0 unspecified atom stereocenters. The number of nitrogens with zero attached hydrogens (tertiary/aromatic N) is 3. The first-order valence-corrected chi connectivity index (χ1v) is 6.34. The van der Waals surface area contributed by atoms with Gasteiger partial charge in [-0.1, -0.05) is 0 Å². The summed E-state index contributed by atoms with van der Waals surface area (Å²) in [6, 6.07) is 0. The van der Waals surface area contributed by atoms with E-state index in [0.29, 0.717) is 12.5 Å². The lowest BCUT2D eigenvalue weighted by Gasteiger charge is -2.08. The molecule has 0 saturated carbocycles. The molecule has 2 rings (SSSR count). The Bertz CT molecular complexity index is 522. The van der Waals surface area contributed by atoms with Crippen LogP contribution >= 0.6 is 0 Å². The maximum absolute atomic E-state index is 12.0. The summed E-state index contributed by atoms with van der Waals surface area (Å²) < 4.78 is 10.3. The van der Waals surface area contributed by atoms with E-state index in [1.54, 1.807) is 19.1 Å². The molecule has 1 fully saturated rings. The fraction of sp³-hybridized carbons (Fsp3) is 0.462. The zero-order valence-electron chi connectivity index (χ0n) is 11.8. The molecule has 20 heavy (non-hydrogen) atoms. The minimum atomic E-state index is -0.601. The number of carbonyl (C=O) groups excluding carboxylic acids is 2. The van der Waals surface area contributed by atoms with Crippen molar-refractivity contribution in [1.29, 1.82) is 0 Å². The first-order valence-electron chi connectivity index (χ1n) is 6.34. The number of rotatable bonds is 3. The first kappa shape index (κ1) is 14.1. The molecular weight excluding hydrogens is 262 g/mol. The van der Waals surface area contributed by atoms with Crippen LogP contribution in [0.15, 0.2) is 28.7 Å². The number of esters is 1. The number of hydrogen-bond acceptors (Lipinski definition) is 6. The highest BCUT2D eigenvalue weighted by Gasteiger charge is 2.32. The van der Waals surface area contributed by atoms with E-state index in [4.69, 9.17) is 9.47 Å². The van der Waals surface area contributed by atoms with Gasteiger partial charge in [-0.2, -0.15) is 5.10 Å². The molecule has 2 aliphatic heterocycles. The Morgan fingerprint density at radius 3 is 2.80 bits per heavy atom. The second-order valence-electron chi connectivity index (χ2n) is 4.35. The largest absolute Gasteiger partial charge is 0.477 e. The highest BCUT2D eigenvalue weighted by Crippen LogP contribution is 2.17. The monoisotopic (exact) mass is 279 g/mol. The third-order valence-corrected chi connectivity index (χ3v) is 2.94. The molecule has 0 aromatic heterocycles. The van der Waals surface area contributed by atoms with Crippen LogP contribution in [0.5, 0.6) is 0 Å². The molecule has 0 atom stereocenters. The van der Waals surface area contributed by atoms with Gasteiger partial charge in [-0.3, -0.25) is 4.79 Å². The smallest absolute Gasteiger partial charge is 0.359 e. The summed E-state index contributed by atoms with van der Waals surface area (Å²) in [7, 11) is 3.38. The maximum Gasteiger partial charge on any atom is 0.359 e. The van der Waals surface area contributed by atoms with Gasteiger partial charge in [0.05, 0.1) is 18.7 Å². The van der Waals surface area contributed by atoms with E-state index in [-0.39, 0.29) is 23.8 Å². The summed E-state index contributed by atoms with van der Waals surface area (Å²) in [5, 5.41) is 5.03. The minimum absolute atomic E-state index is 0.0249. The highest BCUT2D eigenvalue weighted by atomic mass is 16.5. The summed E-state index contributed by atoms with van der Waals surface area (Å²) in [6.07, 6.45) is 3.20. The van der Waals surface area contributed by atoms with Crippen molar-refractivity contribution >= 4 is 17.6 Å². The summed E-state index contributed by atoms with van der Waals surface area (Å²) in [6.45, 7) is 3.33. The van der Waals surface area contributed by atoms with E-state index in [2.05, 4.69) is 5.10 Å². The van der Waals surface area contributed by atoms with Gasteiger partial charge < -0.3 is 14.4 Å². The Kier molecular flexibility index (Phi) is 4.07. The molecule has 108 valence electrons. The van der Waals surface area contributed by atoms with Crippen LogP contribution in [0.2, 0.25) is 0 Å².